The number of aliphatic hydroxyl groups excluding tert-OH is 1. The summed E-state index contributed by atoms with van der Waals surface area (Å²) in [5.74, 6) is 0. The Bertz CT molecular complexity index is 923. The van der Waals surface area contributed by atoms with Crippen LogP contribution in [0, 0.1) is 0 Å². The van der Waals surface area contributed by atoms with Gasteiger partial charge < -0.3 is 20.1 Å². The number of anilines is 2. The van der Waals surface area contributed by atoms with Crippen LogP contribution in [0.5, 0.6) is 0 Å². The molecule has 2 heterocycles. The predicted octanol–water partition coefficient (Wildman–Crippen LogP) is 2.86. The van der Waals surface area contributed by atoms with Gasteiger partial charge in [0.25, 0.3) is 0 Å². The van der Waals surface area contributed by atoms with Crippen molar-refractivity contribution in [3.8, 4) is 5.69 Å². The Kier molecular flexibility index (Phi) is 5.76. The summed E-state index contributed by atoms with van der Waals surface area (Å²) in [4.78, 5) is 2.32. The minimum Gasteiger partial charge on any atom is -0.390 e. The highest BCUT2D eigenvalue weighted by molar-refractivity contribution is 6.31. The summed E-state index contributed by atoms with van der Waals surface area (Å²) in [6.45, 7) is 3.72. The number of rotatable bonds is 6. The Hall–Kier alpha value is -2.61. The standard InChI is InChI=1S/C20H22ClN5O2/c21-19-2-1-3-20(25-8-10-28-11-9-25)18(19)12-22-15-4-6-17(7-5-15)26-13-16(14-27)23-24-26/h1-7,13,22,27H,8-12,14H2. The topological polar surface area (TPSA) is 75.4 Å². The van der Waals surface area contributed by atoms with Gasteiger partial charge in [0.15, 0.2) is 0 Å². The Morgan fingerprint density at radius 3 is 2.61 bits per heavy atom. The van der Waals surface area contributed by atoms with Gasteiger partial charge in [-0.2, -0.15) is 0 Å². The number of benzene rings is 2. The lowest BCUT2D eigenvalue weighted by Gasteiger charge is -2.31. The van der Waals surface area contributed by atoms with Gasteiger partial charge in [-0.05, 0) is 36.4 Å². The minimum atomic E-state index is -0.122. The van der Waals surface area contributed by atoms with Gasteiger partial charge in [0.1, 0.15) is 5.69 Å². The first kappa shape index (κ1) is 18.7. The molecule has 7 nitrogen and oxygen atoms in total. The molecule has 0 spiro atoms. The number of hydrogen-bond donors (Lipinski definition) is 2. The Morgan fingerprint density at radius 1 is 1.11 bits per heavy atom. The third-order valence-corrected chi connectivity index (χ3v) is 5.10. The quantitative estimate of drug-likeness (QED) is 0.663. The van der Waals surface area contributed by atoms with E-state index in [-0.39, 0.29) is 6.61 Å². The lowest BCUT2D eigenvalue weighted by atomic mass is 10.1. The second kappa shape index (κ2) is 8.60. The second-order valence-electron chi connectivity index (χ2n) is 6.55. The third-order valence-electron chi connectivity index (χ3n) is 4.75. The van der Waals surface area contributed by atoms with E-state index in [2.05, 4.69) is 26.6 Å². The van der Waals surface area contributed by atoms with Crippen LogP contribution in [-0.2, 0) is 17.9 Å². The first-order valence-corrected chi connectivity index (χ1v) is 9.59. The maximum absolute atomic E-state index is 9.11. The predicted molar refractivity (Wildman–Crippen MR) is 109 cm³/mol. The number of hydrogen-bond acceptors (Lipinski definition) is 6. The van der Waals surface area contributed by atoms with Gasteiger partial charge in [-0.1, -0.05) is 22.9 Å². The molecule has 1 aliphatic heterocycles. The van der Waals surface area contributed by atoms with Crippen LogP contribution in [-0.4, -0.2) is 46.4 Å². The molecule has 0 saturated carbocycles. The van der Waals surface area contributed by atoms with Crippen molar-refractivity contribution < 1.29 is 9.84 Å². The summed E-state index contributed by atoms with van der Waals surface area (Å²) in [5.41, 5.74) is 4.64. The molecule has 146 valence electrons. The maximum Gasteiger partial charge on any atom is 0.109 e. The van der Waals surface area contributed by atoms with E-state index >= 15 is 0 Å². The number of nitrogens with zero attached hydrogens (tertiary/aromatic N) is 4. The largest absolute Gasteiger partial charge is 0.390 e. The van der Waals surface area contributed by atoms with Gasteiger partial charge in [0, 0.05) is 41.6 Å². The van der Waals surface area contributed by atoms with E-state index in [9.17, 15) is 0 Å². The molecule has 8 heteroatoms. The summed E-state index contributed by atoms with van der Waals surface area (Å²) in [7, 11) is 0. The molecular formula is C20H22ClN5O2. The highest BCUT2D eigenvalue weighted by Gasteiger charge is 2.16. The summed E-state index contributed by atoms with van der Waals surface area (Å²) in [6, 6.07) is 13.9. The van der Waals surface area contributed by atoms with Gasteiger partial charge in [0.05, 0.1) is 31.7 Å². The van der Waals surface area contributed by atoms with E-state index in [0.29, 0.717) is 12.2 Å². The molecule has 0 radical (unpaired) electrons. The molecule has 2 aromatic carbocycles. The van der Waals surface area contributed by atoms with Gasteiger partial charge in [-0.25, -0.2) is 4.68 Å². The van der Waals surface area contributed by atoms with Gasteiger partial charge >= 0.3 is 0 Å². The first-order valence-electron chi connectivity index (χ1n) is 9.21. The van der Waals surface area contributed by atoms with Crippen LogP contribution >= 0.6 is 11.6 Å². The molecule has 0 amide bonds. The Labute approximate surface area is 168 Å². The average Bonchev–Trinajstić information content (AvgIpc) is 3.23. The monoisotopic (exact) mass is 399 g/mol. The van der Waals surface area contributed by atoms with Crippen LogP contribution in [0.2, 0.25) is 5.02 Å². The van der Waals surface area contributed by atoms with E-state index in [1.165, 1.54) is 0 Å². The maximum atomic E-state index is 9.11. The number of nitrogens with one attached hydrogen (secondary N) is 1. The normalized spacial score (nSPS) is 14.3. The molecule has 0 aliphatic carbocycles. The highest BCUT2D eigenvalue weighted by atomic mass is 35.5. The van der Waals surface area contributed by atoms with Crippen molar-refractivity contribution in [2.75, 3.05) is 36.5 Å². The zero-order valence-electron chi connectivity index (χ0n) is 15.4. The Balaban J connectivity index is 1.47. The van der Waals surface area contributed by atoms with Crippen LogP contribution in [0.15, 0.2) is 48.7 Å². The van der Waals surface area contributed by atoms with E-state index in [1.807, 2.05) is 36.4 Å². The molecule has 1 saturated heterocycles. The molecule has 3 aromatic rings. The number of ether oxygens (including phenoxy) is 1. The van der Waals surface area contributed by atoms with E-state index in [1.54, 1.807) is 10.9 Å². The number of aromatic nitrogens is 3. The number of morpholine rings is 1. The lowest BCUT2D eigenvalue weighted by Crippen LogP contribution is -2.37. The molecule has 1 aliphatic rings. The van der Waals surface area contributed by atoms with Crippen molar-refractivity contribution >= 4 is 23.0 Å². The first-order chi connectivity index (χ1) is 13.7. The van der Waals surface area contributed by atoms with Crippen molar-refractivity contribution in [2.45, 2.75) is 13.2 Å². The molecule has 28 heavy (non-hydrogen) atoms. The lowest BCUT2D eigenvalue weighted by molar-refractivity contribution is 0.122. The molecule has 0 bridgehead atoms. The van der Waals surface area contributed by atoms with Crippen LogP contribution in [0.1, 0.15) is 11.3 Å². The molecular weight excluding hydrogens is 378 g/mol. The van der Waals surface area contributed by atoms with Crippen molar-refractivity contribution in [1.29, 1.82) is 0 Å². The van der Waals surface area contributed by atoms with Crippen molar-refractivity contribution in [3.05, 3.63) is 64.9 Å². The number of aliphatic hydroxyl groups is 1. The Morgan fingerprint density at radius 2 is 1.89 bits per heavy atom. The van der Waals surface area contributed by atoms with Crippen molar-refractivity contribution in [1.82, 2.24) is 15.0 Å². The summed E-state index contributed by atoms with van der Waals surface area (Å²) >= 11 is 6.50. The molecule has 1 aromatic heterocycles. The fraction of sp³-hybridized carbons (Fsp3) is 0.300. The van der Waals surface area contributed by atoms with E-state index < -0.39 is 0 Å². The molecule has 1 fully saturated rings. The minimum absolute atomic E-state index is 0.122. The zero-order chi connectivity index (χ0) is 19.3. The highest BCUT2D eigenvalue weighted by Crippen LogP contribution is 2.29. The van der Waals surface area contributed by atoms with Gasteiger partial charge in [-0.3, -0.25) is 0 Å². The molecule has 0 unspecified atom stereocenters. The van der Waals surface area contributed by atoms with Gasteiger partial charge in [-0.15, -0.1) is 5.10 Å². The van der Waals surface area contributed by atoms with Crippen LogP contribution in [0.25, 0.3) is 5.69 Å². The fourth-order valence-corrected chi connectivity index (χ4v) is 3.48. The third kappa shape index (κ3) is 4.11. The zero-order valence-corrected chi connectivity index (χ0v) is 16.1. The average molecular weight is 400 g/mol. The van der Waals surface area contributed by atoms with Crippen LogP contribution < -0.4 is 10.2 Å². The van der Waals surface area contributed by atoms with Gasteiger partial charge in [0.2, 0.25) is 0 Å². The SMILES string of the molecule is OCc1cn(-c2ccc(NCc3c(Cl)cccc3N3CCOCC3)cc2)nn1. The summed E-state index contributed by atoms with van der Waals surface area (Å²) in [6.07, 6.45) is 1.71. The van der Waals surface area contributed by atoms with Crippen molar-refractivity contribution in [3.63, 3.8) is 0 Å². The fourth-order valence-electron chi connectivity index (χ4n) is 3.24. The number of halogens is 1. The molecule has 2 N–H and O–H groups in total. The summed E-state index contributed by atoms with van der Waals surface area (Å²) < 4.78 is 7.10. The molecule has 0 atom stereocenters. The van der Waals surface area contributed by atoms with Crippen LogP contribution in [0.3, 0.4) is 0 Å². The molecule has 4 rings (SSSR count). The van der Waals surface area contributed by atoms with Crippen LogP contribution in [0.4, 0.5) is 11.4 Å². The second-order valence-corrected chi connectivity index (χ2v) is 6.96. The smallest absolute Gasteiger partial charge is 0.109 e. The van der Waals surface area contributed by atoms with E-state index in [0.717, 1.165) is 54.0 Å². The van der Waals surface area contributed by atoms with Crippen molar-refractivity contribution in [2.24, 2.45) is 0 Å². The van der Waals surface area contributed by atoms with E-state index in [4.69, 9.17) is 21.4 Å². The summed E-state index contributed by atoms with van der Waals surface area (Å²) in [5, 5.41) is 21.2.